The van der Waals surface area contributed by atoms with Crippen molar-refractivity contribution in [2.75, 3.05) is 0 Å². The molecule has 10 aromatic heterocycles. The highest BCUT2D eigenvalue weighted by atomic mass is 15.1. The van der Waals surface area contributed by atoms with E-state index in [4.69, 9.17) is 19.9 Å². The van der Waals surface area contributed by atoms with E-state index in [2.05, 4.69) is 258 Å². The van der Waals surface area contributed by atoms with E-state index in [9.17, 15) is 0 Å². The van der Waals surface area contributed by atoms with E-state index in [1.807, 2.05) is 37.2 Å². The molecule has 10 aromatic carbocycles. The van der Waals surface area contributed by atoms with Crippen molar-refractivity contribution < 1.29 is 0 Å². The monoisotopic (exact) mass is 1100 g/mol. The zero-order valence-corrected chi connectivity index (χ0v) is 45.9. The minimum absolute atomic E-state index is 0.872. The summed E-state index contributed by atoms with van der Waals surface area (Å²) in [6.07, 6.45) is 15.9. The van der Waals surface area contributed by atoms with E-state index >= 15 is 0 Å². The van der Waals surface area contributed by atoms with Gasteiger partial charge in [0.1, 0.15) is 11.3 Å². The standard InChI is InChI=1S/C76H44N10/c1-5-17-47(18-6-1)83-59-27-15-14-26-54(59)68-71(83)65-52-34-36-78-44-58(52)76-80-38-40-82(76)70(65)66-56-32-30-46(42-62(56)85(72(66)68)49-21-9-3-10-22-49)45-29-31-55-61(41-45)86(50-23-11-4-12-24-50)73-64(55)63-51-33-35-77-43-57(51)75-79-37-39-81(75)69(63)67-53-25-13-16-28-60(53)84(74(67)73)48-19-7-2-8-20-48/h1-44H. The van der Waals surface area contributed by atoms with Crippen LogP contribution in [0.15, 0.2) is 268 Å². The third kappa shape index (κ3) is 5.83. The molecule has 0 bridgehead atoms. The minimum Gasteiger partial charge on any atom is -0.308 e. The molecule has 20 rings (SSSR count). The first-order valence-corrected chi connectivity index (χ1v) is 29.1. The predicted molar refractivity (Wildman–Crippen MR) is 352 cm³/mol. The second-order valence-electron chi connectivity index (χ2n) is 22.6. The van der Waals surface area contributed by atoms with E-state index in [1.54, 1.807) is 0 Å². The maximum absolute atomic E-state index is 5.06. The number of pyridine rings is 4. The van der Waals surface area contributed by atoms with Crippen molar-refractivity contribution in [3.05, 3.63) is 268 Å². The van der Waals surface area contributed by atoms with Crippen molar-refractivity contribution in [2.45, 2.75) is 0 Å². The van der Waals surface area contributed by atoms with Crippen LogP contribution in [0.25, 0.3) is 176 Å². The molecule has 0 aliphatic rings. The van der Waals surface area contributed by atoms with Crippen LogP contribution in [0.2, 0.25) is 0 Å². The molecule has 0 saturated carbocycles. The molecule has 0 atom stereocenters. The van der Waals surface area contributed by atoms with Gasteiger partial charge in [0, 0.05) is 137 Å². The summed E-state index contributed by atoms with van der Waals surface area (Å²) in [5.41, 5.74) is 19.5. The number of benzene rings is 10. The van der Waals surface area contributed by atoms with Gasteiger partial charge in [-0.15, -0.1) is 0 Å². The number of fused-ring (bicyclic) bond motifs is 30. The summed E-state index contributed by atoms with van der Waals surface area (Å²) in [4.78, 5) is 19.5. The lowest BCUT2D eigenvalue weighted by molar-refractivity contribution is 1.15. The first-order chi connectivity index (χ1) is 42.8. The molecule has 0 N–H and O–H groups in total. The van der Waals surface area contributed by atoms with Crippen LogP contribution in [0.4, 0.5) is 0 Å². The highest BCUT2D eigenvalue weighted by Gasteiger charge is 2.31. The average Bonchev–Trinajstić information content (AvgIpc) is 1.52. The van der Waals surface area contributed by atoms with E-state index in [0.717, 1.165) is 149 Å². The van der Waals surface area contributed by atoms with E-state index < -0.39 is 0 Å². The summed E-state index contributed by atoms with van der Waals surface area (Å²) in [7, 11) is 0. The van der Waals surface area contributed by atoms with Gasteiger partial charge in [0.05, 0.1) is 55.2 Å². The minimum atomic E-state index is 0.872. The molecule has 0 aliphatic carbocycles. The van der Waals surface area contributed by atoms with Crippen LogP contribution in [-0.2, 0) is 0 Å². The van der Waals surface area contributed by atoms with Gasteiger partial charge >= 0.3 is 0 Å². The lowest BCUT2D eigenvalue weighted by Gasteiger charge is -2.16. The molecule has 10 nitrogen and oxygen atoms in total. The van der Waals surface area contributed by atoms with Gasteiger partial charge in [-0.2, -0.15) is 0 Å². The number of para-hydroxylation sites is 6. The molecular formula is C76H44N10. The van der Waals surface area contributed by atoms with Crippen molar-refractivity contribution in [1.29, 1.82) is 0 Å². The summed E-state index contributed by atoms with van der Waals surface area (Å²) in [6, 6.07) is 79.9. The Bertz CT molecular complexity index is 6300. The van der Waals surface area contributed by atoms with Crippen molar-refractivity contribution >= 4 is 142 Å². The van der Waals surface area contributed by atoms with Crippen molar-refractivity contribution in [2.24, 2.45) is 0 Å². The summed E-state index contributed by atoms with van der Waals surface area (Å²) in [5, 5.41) is 15.9. The van der Waals surface area contributed by atoms with Gasteiger partial charge in [0.25, 0.3) is 0 Å². The average molecular weight is 1100 g/mol. The van der Waals surface area contributed by atoms with Crippen molar-refractivity contribution in [1.82, 2.24) is 47.0 Å². The fourth-order valence-electron chi connectivity index (χ4n) is 15.1. The second kappa shape index (κ2) is 16.9. The Kier molecular flexibility index (Phi) is 8.97. The second-order valence-corrected chi connectivity index (χ2v) is 22.6. The zero-order chi connectivity index (χ0) is 55.9. The van der Waals surface area contributed by atoms with Gasteiger partial charge in [-0.25, -0.2) is 9.97 Å². The smallest absolute Gasteiger partial charge is 0.146 e. The molecule has 0 aliphatic heterocycles. The maximum atomic E-state index is 5.06. The van der Waals surface area contributed by atoms with Crippen LogP contribution in [0.1, 0.15) is 0 Å². The molecule has 86 heavy (non-hydrogen) atoms. The SMILES string of the molecule is c1ccc(-n2c3ccccc3c3c2c2c4ccncc4c4nccn4c2c2c4ccc(-c5ccc6c7c8c9ccncc9c9nccn9c8c8c9ccccc9n(-c9ccccc9)c8c7n(-c7ccccc7)c6c5)cc4n(-c4ccccc4)c32)cc1. The fraction of sp³-hybridized carbons (Fsp3) is 0. The van der Waals surface area contributed by atoms with Crippen LogP contribution in [-0.4, -0.2) is 47.0 Å². The lowest BCUT2D eigenvalue weighted by Crippen LogP contribution is -2.00. The van der Waals surface area contributed by atoms with Crippen LogP contribution >= 0.6 is 0 Å². The normalized spacial score (nSPS) is 12.4. The Morgan fingerprint density at radius 3 is 1.10 bits per heavy atom. The van der Waals surface area contributed by atoms with Crippen LogP contribution in [0.5, 0.6) is 0 Å². The molecular weight excluding hydrogens is 1050 g/mol. The molecule has 398 valence electrons. The molecule has 0 spiro atoms. The lowest BCUT2D eigenvalue weighted by atomic mass is 9.96. The summed E-state index contributed by atoms with van der Waals surface area (Å²) in [6.45, 7) is 0. The van der Waals surface area contributed by atoms with E-state index in [1.165, 1.54) is 26.9 Å². The highest BCUT2D eigenvalue weighted by molar-refractivity contribution is 6.42. The Hall–Kier alpha value is -11.9. The number of rotatable bonds is 5. The van der Waals surface area contributed by atoms with Gasteiger partial charge in [-0.1, -0.05) is 133 Å². The Balaban J connectivity index is 0.969. The Morgan fingerprint density at radius 1 is 0.244 bits per heavy atom. The molecule has 20 aromatic rings. The predicted octanol–water partition coefficient (Wildman–Crippen LogP) is 18.4. The van der Waals surface area contributed by atoms with Gasteiger partial charge < -0.3 is 18.3 Å². The number of aromatic nitrogens is 10. The van der Waals surface area contributed by atoms with Crippen LogP contribution in [0, 0.1) is 0 Å². The number of imidazole rings is 2. The topological polar surface area (TPSA) is 80.1 Å². The quantitative estimate of drug-likeness (QED) is 0.161. The molecule has 0 amide bonds. The van der Waals surface area contributed by atoms with Crippen LogP contribution in [0.3, 0.4) is 0 Å². The highest BCUT2D eigenvalue weighted by Crippen LogP contribution is 2.52. The molecule has 0 saturated heterocycles. The van der Waals surface area contributed by atoms with Crippen LogP contribution < -0.4 is 0 Å². The van der Waals surface area contributed by atoms with Crippen molar-refractivity contribution in [3.8, 4) is 33.9 Å². The van der Waals surface area contributed by atoms with E-state index in [-0.39, 0.29) is 0 Å². The zero-order valence-electron chi connectivity index (χ0n) is 45.9. The Labute approximate surface area is 488 Å². The third-order valence-corrected chi connectivity index (χ3v) is 18.4. The van der Waals surface area contributed by atoms with Gasteiger partial charge in [0.15, 0.2) is 0 Å². The van der Waals surface area contributed by atoms with Gasteiger partial charge in [0.2, 0.25) is 0 Å². The number of nitrogens with zero attached hydrogens (tertiary/aromatic N) is 10. The summed E-state index contributed by atoms with van der Waals surface area (Å²) >= 11 is 0. The molecule has 0 fully saturated rings. The summed E-state index contributed by atoms with van der Waals surface area (Å²) < 4.78 is 14.6. The molecule has 10 heterocycles. The first kappa shape index (κ1) is 45.7. The summed E-state index contributed by atoms with van der Waals surface area (Å²) in [5.74, 6) is 0. The van der Waals surface area contributed by atoms with Crippen molar-refractivity contribution in [3.63, 3.8) is 0 Å². The largest absolute Gasteiger partial charge is 0.308 e. The Morgan fingerprint density at radius 2 is 0.593 bits per heavy atom. The molecule has 0 radical (unpaired) electrons. The van der Waals surface area contributed by atoms with Gasteiger partial charge in [-0.05, 0) is 107 Å². The fourth-order valence-corrected chi connectivity index (χ4v) is 15.1. The molecule has 0 unspecified atom stereocenters. The van der Waals surface area contributed by atoms with E-state index in [0.29, 0.717) is 0 Å². The first-order valence-electron chi connectivity index (χ1n) is 29.1. The van der Waals surface area contributed by atoms with Gasteiger partial charge in [-0.3, -0.25) is 18.8 Å². The molecule has 10 heteroatoms. The third-order valence-electron chi connectivity index (χ3n) is 18.4. The number of hydrogen-bond acceptors (Lipinski definition) is 4. The maximum Gasteiger partial charge on any atom is 0.146 e. The number of hydrogen-bond donors (Lipinski definition) is 0.